The van der Waals surface area contributed by atoms with Gasteiger partial charge in [0, 0.05) is 17.8 Å². The van der Waals surface area contributed by atoms with Gasteiger partial charge in [-0.2, -0.15) is 0 Å². The molecule has 0 spiro atoms. The van der Waals surface area contributed by atoms with Crippen molar-refractivity contribution in [3.63, 3.8) is 0 Å². The first-order chi connectivity index (χ1) is 9.95. The molecule has 114 valence electrons. The van der Waals surface area contributed by atoms with E-state index >= 15 is 0 Å². The number of benzene rings is 1. The van der Waals surface area contributed by atoms with Crippen molar-refractivity contribution in [2.75, 3.05) is 25.0 Å². The number of likely N-dealkylation sites (tertiary alicyclic amines) is 1. The maximum Gasteiger partial charge on any atom is 0.238 e. The van der Waals surface area contributed by atoms with Gasteiger partial charge in [-0.05, 0) is 36.9 Å². The van der Waals surface area contributed by atoms with Gasteiger partial charge in [0.05, 0.1) is 6.54 Å². The van der Waals surface area contributed by atoms with Crippen LogP contribution in [0.1, 0.15) is 25.8 Å². The maximum absolute atomic E-state index is 12.1. The van der Waals surface area contributed by atoms with E-state index in [2.05, 4.69) is 24.1 Å². The van der Waals surface area contributed by atoms with Crippen LogP contribution in [0, 0.1) is 11.8 Å². The zero-order chi connectivity index (χ0) is 15.4. The Kier molecular flexibility index (Phi) is 5.31. The molecule has 1 amide bonds. The number of nitrogens with two attached hydrogens (primary N) is 1. The first kappa shape index (κ1) is 15.9. The van der Waals surface area contributed by atoms with Crippen molar-refractivity contribution in [3.05, 3.63) is 29.8 Å². The first-order valence-electron chi connectivity index (χ1n) is 7.38. The van der Waals surface area contributed by atoms with Crippen LogP contribution in [0.2, 0.25) is 0 Å². The number of hydrogen-bond donors (Lipinski definition) is 2. The van der Waals surface area contributed by atoms with E-state index in [4.69, 9.17) is 18.0 Å². The average Bonchev–Trinajstić information content (AvgIpc) is 2.87. The molecular weight excluding hydrogens is 282 g/mol. The molecule has 21 heavy (non-hydrogen) atoms. The number of carbonyl (C=O) groups excluding carboxylic acids is 1. The summed E-state index contributed by atoms with van der Waals surface area (Å²) in [7, 11) is 0. The molecule has 3 N–H and O–H groups in total. The molecule has 0 aromatic heterocycles. The summed E-state index contributed by atoms with van der Waals surface area (Å²) in [5.41, 5.74) is 7.11. The van der Waals surface area contributed by atoms with Crippen molar-refractivity contribution in [3.8, 4) is 0 Å². The van der Waals surface area contributed by atoms with Crippen LogP contribution in [0.3, 0.4) is 0 Å². The fourth-order valence-electron chi connectivity index (χ4n) is 2.70. The molecule has 1 heterocycles. The molecule has 1 unspecified atom stereocenters. The highest BCUT2D eigenvalue weighted by Crippen LogP contribution is 2.23. The van der Waals surface area contributed by atoms with E-state index in [1.54, 1.807) is 6.07 Å². The number of rotatable bonds is 5. The van der Waals surface area contributed by atoms with Gasteiger partial charge in [-0.3, -0.25) is 9.69 Å². The summed E-state index contributed by atoms with van der Waals surface area (Å²) in [6, 6.07) is 7.34. The summed E-state index contributed by atoms with van der Waals surface area (Å²) in [5.74, 6) is 1.40. The first-order valence-corrected chi connectivity index (χ1v) is 7.78. The van der Waals surface area contributed by atoms with Gasteiger partial charge in [-0.15, -0.1) is 0 Å². The van der Waals surface area contributed by atoms with Gasteiger partial charge in [0.2, 0.25) is 5.91 Å². The predicted molar refractivity (Wildman–Crippen MR) is 90.3 cm³/mol. The van der Waals surface area contributed by atoms with Crippen LogP contribution in [0.4, 0.5) is 5.69 Å². The molecule has 0 radical (unpaired) electrons. The third kappa shape index (κ3) is 4.51. The van der Waals surface area contributed by atoms with Gasteiger partial charge < -0.3 is 11.1 Å². The summed E-state index contributed by atoms with van der Waals surface area (Å²) < 4.78 is 0. The highest BCUT2D eigenvalue weighted by atomic mass is 32.1. The van der Waals surface area contributed by atoms with E-state index in [1.165, 1.54) is 6.42 Å². The second-order valence-corrected chi connectivity index (χ2v) is 6.46. The minimum atomic E-state index is 0.0134. The number of amides is 1. The van der Waals surface area contributed by atoms with Gasteiger partial charge in [0.1, 0.15) is 4.99 Å². The number of nitrogens with one attached hydrogen (secondary N) is 1. The summed E-state index contributed by atoms with van der Waals surface area (Å²) in [4.78, 5) is 14.7. The summed E-state index contributed by atoms with van der Waals surface area (Å²) in [6.45, 7) is 6.95. The molecular formula is C16H23N3OS. The molecule has 1 aromatic carbocycles. The van der Waals surface area contributed by atoms with E-state index < -0.39 is 0 Å². The molecule has 0 bridgehead atoms. The number of anilines is 1. The summed E-state index contributed by atoms with van der Waals surface area (Å²) >= 11 is 4.95. The van der Waals surface area contributed by atoms with Gasteiger partial charge in [-0.1, -0.05) is 38.2 Å². The van der Waals surface area contributed by atoms with E-state index in [-0.39, 0.29) is 5.91 Å². The standard InChI is InChI=1S/C16H23N3OS/c1-11(2)13-6-7-19(9-13)10-15(20)18-14-5-3-4-12(8-14)16(17)21/h3-5,8,11,13H,6-7,9-10H2,1-2H3,(H2,17,21)(H,18,20). The molecule has 0 aliphatic carbocycles. The number of nitrogens with zero attached hydrogens (tertiary/aromatic N) is 1. The SMILES string of the molecule is CC(C)C1CCN(CC(=O)Nc2cccc(C(N)=S)c2)C1. The van der Waals surface area contributed by atoms with E-state index in [9.17, 15) is 4.79 Å². The van der Waals surface area contributed by atoms with Crippen molar-refractivity contribution in [1.29, 1.82) is 0 Å². The van der Waals surface area contributed by atoms with Crippen molar-refractivity contribution < 1.29 is 4.79 Å². The van der Waals surface area contributed by atoms with E-state index in [1.807, 2.05) is 18.2 Å². The topological polar surface area (TPSA) is 58.4 Å². The van der Waals surface area contributed by atoms with E-state index in [0.717, 1.165) is 24.3 Å². The van der Waals surface area contributed by atoms with Crippen LogP contribution in [0.15, 0.2) is 24.3 Å². The van der Waals surface area contributed by atoms with Crippen LogP contribution in [0.5, 0.6) is 0 Å². The molecule has 5 heteroatoms. The normalized spacial score (nSPS) is 18.9. The molecule has 4 nitrogen and oxygen atoms in total. The fraction of sp³-hybridized carbons (Fsp3) is 0.500. The van der Waals surface area contributed by atoms with Crippen molar-refractivity contribution in [2.24, 2.45) is 17.6 Å². The maximum atomic E-state index is 12.1. The van der Waals surface area contributed by atoms with Gasteiger partial charge in [-0.25, -0.2) is 0 Å². The summed E-state index contributed by atoms with van der Waals surface area (Å²) in [6.07, 6.45) is 1.18. The lowest BCUT2D eigenvalue weighted by Gasteiger charge is -2.17. The minimum absolute atomic E-state index is 0.0134. The summed E-state index contributed by atoms with van der Waals surface area (Å²) in [5, 5.41) is 2.91. The number of thiocarbonyl (C=S) groups is 1. The van der Waals surface area contributed by atoms with E-state index in [0.29, 0.717) is 23.4 Å². The Bertz CT molecular complexity index is 530. The predicted octanol–water partition coefficient (Wildman–Crippen LogP) is 2.24. The Hall–Kier alpha value is -1.46. The van der Waals surface area contributed by atoms with Crippen molar-refractivity contribution in [1.82, 2.24) is 4.90 Å². The largest absolute Gasteiger partial charge is 0.389 e. The van der Waals surface area contributed by atoms with Crippen LogP contribution < -0.4 is 11.1 Å². The van der Waals surface area contributed by atoms with Gasteiger partial charge >= 0.3 is 0 Å². The number of hydrogen-bond acceptors (Lipinski definition) is 3. The Balaban J connectivity index is 1.88. The third-order valence-corrected chi connectivity index (χ3v) is 4.29. The average molecular weight is 305 g/mol. The highest BCUT2D eigenvalue weighted by molar-refractivity contribution is 7.80. The Morgan fingerprint density at radius 2 is 2.29 bits per heavy atom. The number of carbonyl (C=O) groups is 1. The molecule has 1 aliphatic heterocycles. The lowest BCUT2D eigenvalue weighted by molar-refractivity contribution is -0.117. The molecule has 1 fully saturated rings. The smallest absolute Gasteiger partial charge is 0.238 e. The molecule has 1 aliphatic rings. The zero-order valence-electron chi connectivity index (χ0n) is 12.6. The lowest BCUT2D eigenvalue weighted by atomic mass is 9.95. The van der Waals surface area contributed by atoms with Crippen molar-refractivity contribution in [2.45, 2.75) is 20.3 Å². The van der Waals surface area contributed by atoms with Crippen LogP contribution in [0.25, 0.3) is 0 Å². The van der Waals surface area contributed by atoms with Gasteiger partial charge in [0.15, 0.2) is 0 Å². The third-order valence-electron chi connectivity index (χ3n) is 4.05. The second-order valence-electron chi connectivity index (χ2n) is 6.02. The minimum Gasteiger partial charge on any atom is -0.389 e. The Morgan fingerprint density at radius 3 is 2.90 bits per heavy atom. The molecule has 2 rings (SSSR count). The quantitative estimate of drug-likeness (QED) is 0.819. The monoisotopic (exact) mass is 305 g/mol. The molecule has 1 saturated heterocycles. The lowest BCUT2D eigenvalue weighted by Crippen LogP contribution is -2.32. The Labute approximate surface area is 131 Å². The van der Waals surface area contributed by atoms with Crippen molar-refractivity contribution >= 4 is 28.8 Å². The van der Waals surface area contributed by atoms with Crippen LogP contribution >= 0.6 is 12.2 Å². The highest BCUT2D eigenvalue weighted by Gasteiger charge is 2.25. The molecule has 1 atom stereocenters. The Morgan fingerprint density at radius 1 is 1.52 bits per heavy atom. The van der Waals surface area contributed by atoms with Crippen LogP contribution in [-0.4, -0.2) is 35.4 Å². The second kappa shape index (κ2) is 7.00. The fourth-order valence-corrected chi connectivity index (χ4v) is 2.83. The molecule has 1 aromatic rings. The molecule has 0 saturated carbocycles. The van der Waals surface area contributed by atoms with Crippen LogP contribution in [-0.2, 0) is 4.79 Å². The van der Waals surface area contributed by atoms with Gasteiger partial charge in [0.25, 0.3) is 0 Å². The zero-order valence-corrected chi connectivity index (χ0v) is 13.5.